The molecule has 2 heterocycles. The summed E-state index contributed by atoms with van der Waals surface area (Å²) in [5.74, 6) is -1.41. The number of Topliss-reactive ketones (excluding diaryl/α,β-unsaturated/α-hetero) is 1. The average molecular weight is 276 g/mol. The molecule has 1 aliphatic rings. The van der Waals surface area contributed by atoms with Crippen LogP contribution < -0.4 is 5.32 Å². The Labute approximate surface area is 116 Å². The molecule has 1 atom stereocenters. The van der Waals surface area contributed by atoms with Gasteiger partial charge in [-0.1, -0.05) is 0 Å². The standard InChI is InChI=1S/C14H16N2O4/c17-12(10-3-1-7-15-9-10)5-6-13(18)20-14(19)11-4-2-8-16-11/h1,3,7,9,11,16H,2,4-6,8H2/t11-/m0/s1. The number of pyridine rings is 1. The molecule has 0 radical (unpaired) electrons. The molecule has 20 heavy (non-hydrogen) atoms. The second-order valence-corrected chi connectivity index (χ2v) is 4.61. The van der Waals surface area contributed by atoms with E-state index in [-0.39, 0.29) is 18.6 Å². The van der Waals surface area contributed by atoms with E-state index >= 15 is 0 Å². The number of carbonyl (C=O) groups is 3. The molecule has 1 saturated heterocycles. The Kier molecular flexibility index (Phi) is 4.95. The fraction of sp³-hybridized carbons (Fsp3) is 0.429. The maximum Gasteiger partial charge on any atom is 0.330 e. The third-order valence-electron chi connectivity index (χ3n) is 3.10. The molecule has 1 aromatic heterocycles. The quantitative estimate of drug-likeness (QED) is 0.488. The van der Waals surface area contributed by atoms with Crippen molar-refractivity contribution < 1.29 is 19.1 Å². The maximum absolute atomic E-state index is 11.7. The Morgan fingerprint density at radius 3 is 2.85 bits per heavy atom. The van der Waals surface area contributed by atoms with Crippen LogP contribution in [0.3, 0.4) is 0 Å². The molecule has 0 saturated carbocycles. The van der Waals surface area contributed by atoms with Gasteiger partial charge in [-0.25, -0.2) is 4.79 Å². The van der Waals surface area contributed by atoms with Crippen molar-refractivity contribution in [3.8, 4) is 0 Å². The van der Waals surface area contributed by atoms with Gasteiger partial charge >= 0.3 is 11.9 Å². The van der Waals surface area contributed by atoms with E-state index in [2.05, 4.69) is 10.3 Å². The summed E-state index contributed by atoms with van der Waals surface area (Å²) in [6, 6.07) is 2.89. The van der Waals surface area contributed by atoms with Crippen LogP contribution in [-0.2, 0) is 14.3 Å². The second kappa shape index (κ2) is 6.91. The molecular weight excluding hydrogens is 260 g/mol. The van der Waals surface area contributed by atoms with Gasteiger partial charge in [0.05, 0.1) is 6.42 Å². The van der Waals surface area contributed by atoms with E-state index in [0.29, 0.717) is 12.0 Å². The second-order valence-electron chi connectivity index (χ2n) is 4.61. The van der Waals surface area contributed by atoms with Crippen LogP contribution in [0.1, 0.15) is 36.0 Å². The van der Waals surface area contributed by atoms with Gasteiger partial charge in [-0.2, -0.15) is 0 Å². The minimum absolute atomic E-state index is 0.00982. The van der Waals surface area contributed by atoms with Crippen molar-refractivity contribution in [1.29, 1.82) is 0 Å². The molecule has 0 bridgehead atoms. The van der Waals surface area contributed by atoms with Crippen molar-refractivity contribution in [2.24, 2.45) is 0 Å². The van der Waals surface area contributed by atoms with E-state index < -0.39 is 18.0 Å². The molecule has 1 fully saturated rings. The largest absolute Gasteiger partial charge is 0.392 e. The van der Waals surface area contributed by atoms with Crippen LogP contribution in [0.5, 0.6) is 0 Å². The summed E-state index contributed by atoms with van der Waals surface area (Å²) in [7, 11) is 0. The number of carbonyl (C=O) groups excluding carboxylic acids is 3. The van der Waals surface area contributed by atoms with Crippen LogP contribution in [0.25, 0.3) is 0 Å². The summed E-state index contributed by atoms with van der Waals surface area (Å²) in [6.45, 7) is 0.757. The summed E-state index contributed by atoms with van der Waals surface area (Å²) in [4.78, 5) is 38.7. The van der Waals surface area contributed by atoms with Crippen LogP contribution in [-0.4, -0.2) is 35.3 Å². The number of nitrogens with one attached hydrogen (secondary N) is 1. The van der Waals surface area contributed by atoms with E-state index in [1.807, 2.05) is 0 Å². The fourth-order valence-corrected chi connectivity index (χ4v) is 2.01. The molecule has 0 unspecified atom stereocenters. The van der Waals surface area contributed by atoms with E-state index in [1.54, 1.807) is 18.3 Å². The van der Waals surface area contributed by atoms with Crippen LogP contribution in [0.15, 0.2) is 24.5 Å². The molecule has 0 spiro atoms. The Balaban J connectivity index is 1.75. The van der Waals surface area contributed by atoms with Gasteiger partial charge in [0.2, 0.25) is 0 Å². The van der Waals surface area contributed by atoms with Gasteiger partial charge in [-0.3, -0.25) is 14.6 Å². The molecule has 6 heteroatoms. The van der Waals surface area contributed by atoms with E-state index in [1.165, 1.54) is 6.20 Å². The SMILES string of the molecule is O=C(CCC(=O)c1cccnc1)OC(=O)[C@@H]1CCCN1. The van der Waals surface area contributed by atoms with Crippen LogP contribution in [0.4, 0.5) is 0 Å². The predicted octanol–water partition coefficient (Wildman–Crippen LogP) is 0.866. The summed E-state index contributed by atoms with van der Waals surface area (Å²) in [6.07, 6.45) is 4.50. The maximum atomic E-state index is 11.7. The molecular formula is C14H16N2O4. The molecule has 1 N–H and O–H groups in total. The normalized spacial score (nSPS) is 17.7. The monoisotopic (exact) mass is 276 g/mol. The van der Waals surface area contributed by atoms with Crippen molar-refractivity contribution in [1.82, 2.24) is 10.3 Å². The van der Waals surface area contributed by atoms with Crippen molar-refractivity contribution in [2.75, 3.05) is 6.54 Å². The van der Waals surface area contributed by atoms with Gasteiger partial charge in [-0.15, -0.1) is 0 Å². The molecule has 1 aliphatic heterocycles. The first-order valence-corrected chi connectivity index (χ1v) is 6.58. The smallest absolute Gasteiger partial charge is 0.330 e. The third kappa shape index (κ3) is 3.96. The number of esters is 2. The fourth-order valence-electron chi connectivity index (χ4n) is 2.01. The Morgan fingerprint density at radius 2 is 2.20 bits per heavy atom. The molecule has 0 aliphatic carbocycles. The molecule has 0 amide bonds. The van der Waals surface area contributed by atoms with Crippen molar-refractivity contribution >= 4 is 17.7 Å². The topological polar surface area (TPSA) is 85.4 Å². The van der Waals surface area contributed by atoms with Gasteiger partial charge in [0.1, 0.15) is 6.04 Å². The van der Waals surface area contributed by atoms with Crippen molar-refractivity contribution in [2.45, 2.75) is 31.7 Å². The number of ether oxygens (including phenoxy) is 1. The Hall–Kier alpha value is -2.08. The Morgan fingerprint density at radius 1 is 1.35 bits per heavy atom. The third-order valence-corrected chi connectivity index (χ3v) is 3.10. The zero-order valence-electron chi connectivity index (χ0n) is 11.0. The number of hydrogen-bond acceptors (Lipinski definition) is 6. The lowest BCUT2D eigenvalue weighted by Gasteiger charge is -2.08. The lowest BCUT2D eigenvalue weighted by Crippen LogP contribution is -2.33. The van der Waals surface area contributed by atoms with Crippen molar-refractivity contribution in [3.05, 3.63) is 30.1 Å². The van der Waals surface area contributed by atoms with Gasteiger partial charge in [-0.05, 0) is 31.5 Å². The van der Waals surface area contributed by atoms with Gasteiger partial charge in [0.15, 0.2) is 5.78 Å². The van der Waals surface area contributed by atoms with Crippen LogP contribution in [0.2, 0.25) is 0 Å². The number of ketones is 1. The highest BCUT2D eigenvalue weighted by Crippen LogP contribution is 2.08. The average Bonchev–Trinajstić information content (AvgIpc) is 3.00. The highest BCUT2D eigenvalue weighted by atomic mass is 16.6. The predicted molar refractivity (Wildman–Crippen MR) is 69.9 cm³/mol. The lowest BCUT2D eigenvalue weighted by atomic mass is 10.1. The van der Waals surface area contributed by atoms with E-state index in [0.717, 1.165) is 13.0 Å². The molecule has 2 rings (SSSR count). The van der Waals surface area contributed by atoms with Gasteiger partial charge < -0.3 is 10.1 Å². The van der Waals surface area contributed by atoms with E-state index in [4.69, 9.17) is 4.74 Å². The minimum atomic E-state index is -0.666. The first kappa shape index (κ1) is 14.3. The number of hydrogen-bond donors (Lipinski definition) is 1. The number of nitrogens with zero attached hydrogens (tertiary/aromatic N) is 1. The molecule has 106 valence electrons. The summed E-state index contributed by atoms with van der Waals surface area (Å²) >= 11 is 0. The van der Waals surface area contributed by atoms with Crippen molar-refractivity contribution in [3.63, 3.8) is 0 Å². The lowest BCUT2D eigenvalue weighted by molar-refractivity contribution is -0.160. The molecule has 6 nitrogen and oxygen atoms in total. The minimum Gasteiger partial charge on any atom is -0.392 e. The number of aromatic nitrogens is 1. The molecule has 0 aromatic carbocycles. The highest BCUT2D eigenvalue weighted by Gasteiger charge is 2.25. The highest BCUT2D eigenvalue weighted by molar-refractivity contribution is 5.98. The zero-order valence-corrected chi connectivity index (χ0v) is 11.0. The summed E-state index contributed by atoms with van der Waals surface area (Å²) < 4.78 is 4.71. The summed E-state index contributed by atoms with van der Waals surface area (Å²) in [5.41, 5.74) is 0.448. The summed E-state index contributed by atoms with van der Waals surface area (Å²) in [5, 5.41) is 2.95. The zero-order chi connectivity index (χ0) is 14.4. The number of rotatable bonds is 5. The first-order valence-electron chi connectivity index (χ1n) is 6.58. The van der Waals surface area contributed by atoms with Crippen LogP contribution in [0, 0.1) is 0 Å². The van der Waals surface area contributed by atoms with Gasteiger partial charge in [0.25, 0.3) is 0 Å². The Bertz CT molecular complexity index is 495. The van der Waals surface area contributed by atoms with Gasteiger partial charge in [0, 0.05) is 24.4 Å². The first-order chi connectivity index (χ1) is 9.66. The molecule has 1 aromatic rings. The van der Waals surface area contributed by atoms with E-state index in [9.17, 15) is 14.4 Å². The van der Waals surface area contributed by atoms with Crippen LogP contribution >= 0.6 is 0 Å².